The van der Waals surface area contributed by atoms with E-state index in [0.29, 0.717) is 34.4 Å². The summed E-state index contributed by atoms with van der Waals surface area (Å²) in [7, 11) is 2.93. The lowest BCUT2D eigenvalue weighted by molar-refractivity contribution is -0.121. The molecule has 1 aromatic heterocycles. The van der Waals surface area contributed by atoms with E-state index in [2.05, 4.69) is 15.2 Å². The van der Waals surface area contributed by atoms with Crippen LogP contribution in [0, 0.1) is 0 Å². The highest BCUT2D eigenvalue weighted by Crippen LogP contribution is 2.37. The van der Waals surface area contributed by atoms with Gasteiger partial charge >= 0.3 is 5.97 Å². The molecule has 1 unspecified atom stereocenters. The summed E-state index contributed by atoms with van der Waals surface area (Å²) in [6.07, 6.45) is 1.43. The van der Waals surface area contributed by atoms with Crippen molar-refractivity contribution in [1.29, 1.82) is 0 Å². The SMILES string of the molecule is COc1ccc(C(=O)COC(=O)c2ccc(N3C(=O)CC(Sc4nncc(-c5ccc6c(c5)OCO6)n4)C3=O)cc2)cc1OC. The van der Waals surface area contributed by atoms with E-state index in [0.717, 1.165) is 22.2 Å². The number of hydrogen-bond acceptors (Lipinski definition) is 13. The van der Waals surface area contributed by atoms with Crippen LogP contribution in [-0.2, 0) is 14.3 Å². The molecule has 0 bridgehead atoms. The summed E-state index contributed by atoms with van der Waals surface area (Å²) in [4.78, 5) is 56.8. The van der Waals surface area contributed by atoms with Crippen LogP contribution in [0.25, 0.3) is 11.3 Å². The smallest absolute Gasteiger partial charge is 0.338 e. The maximum atomic E-state index is 13.3. The standard InChI is InChI=1S/C31H24N4O9S/c1-40-23-9-6-19(12-25(23)41-2)22(36)15-42-30(39)17-3-7-20(8-4-17)35-28(37)13-27(29(35)38)45-31-33-21(14-32-34-31)18-5-10-24-26(11-18)44-16-43-24/h3-12,14,27H,13,15-16H2,1-2H3. The molecule has 228 valence electrons. The van der Waals surface area contributed by atoms with Crippen molar-refractivity contribution >= 4 is 41.0 Å². The highest BCUT2D eigenvalue weighted by Gasteiger charge is 2.41. The van der Waals surface area contributed by atoms with Gasteiger partial charge in [0.15, 0.2) is 35.4 Å². The number of hydrogen-bond donors (Lipinski definition) is 0. The Balaban J connectivity index is 1.08. The number of imide groups is 1. The van der Waals surface area contributed by atoms with E-state index in [9.17, 15) is 19.2 Å². The number of amides is 2. The van der Waals surface area contributed by atoms with E-state index >= 15 is 0 Å². The van der Waals surface area contributed by atoms with Crippen LogP contribution in [0.1, 0.15) is 27.1 Å². The van der Waals surface area contributed by atoms with E-state index in [1.54, 1.807) is 24.3 Å². The number of carbonyl (C=O) groups is 4. The zero-order valence-electron chi connectivity index (χ0n) is 23.9. The number of Topliss-reactive ketones (excluding diaryl/α,β-unsaturated/α-hetero) is 1. The molecule has 0 N–H and O–H groups in total. The second-order valence-corrected chi connectivity index (χ2v) is 10.9. The summed E-state index contributed by atoms with van der Waals surface area (Å²) in [6.45, 7) is -0.351. The van der Waals surface area contributed by atoms with Gasteiger partial charge in [-0.3, -0.25) is 14.4 Å². The number of anilines is 1. The molecule has 2 aliphatic heterocycles. The van der Waals surface area contributed by atoms with Crippen LogP contribution < -0.4 is 23.8 Å². The largest absolute Gasteiger partial charge is 0.493 e. The zero-order chi connectivity index (χ0) is 31.5. The lowest BCUT2D eigenvalue weighted by Crippen LogP contribution is -2.31. The van der Waals surface area contributed by atoms with Crippen molar-refractivity contribution in [3.05, 3.63) is 78.0 Å². The number of fused-ring (bicyclic) bond motifs is 1. The first kappa shape index (κ1) is 29.6. The van der Waals surface area contributed by atoms with Gasteiger partial charge in [-0.1, -0.05) is 11.8 Å². The number of thioether (sulfide) groups is 1. The third kappa shape index (κ3) is 6.13. The highest BCUT2D eigenvalue weighted by molar-refractivity contribution is 8.00. The van der Waals surface area contributed by atoms with Crippen LogP contribution in [0.4, 0.5) is 5.69 Å². The third-order valence-electron chi connectivity index (χ3n) is 6.96. The van der Waals surface area contributed by atoms with Crippen molar-refractivity contribution in [1.82, 2.24) is 15.2 Å². The summed E-state index contributed by atoms with van der Waals surface area (Å²) in [5, 5.41) is 7.51. The Hall–Kier alpha value is -5.50. The lowest BCUT2D eigenvalue weighted by Gasteiger charge is -2.15. The number of aromatic nitrogens is 3. The van der Waals surface area contributed by atoms with Gasteiger partial charge < -0.3 is 23.7 Å². The van der Waals surface area contributed by atoms with Gasteiger partial charge in [0.25, 0.3) is 0 Å². The van der Waals surface area contributed by atoms with E-state index in [1.165, 1.54) is 50.7 Å². The molecule has 1 fully saturated rings. The monoisotopic (exact) mass is 628 g/mol. The third-order valence-corrected chi connectivity index (χ3v) is 8.00. The maximum absolute atomic E-state index is 13.3. The molecule has 14 heteroatoms. The van der Waals surface area contributed by atoms with Crippen molar-refractivity contribution in [3.8, 4) is 34.3 Å². The molecule has 6 rings (SSSR count). The predicted molar refractivity (Wildman–Crippen MR) is 159 cm³/mol. The van der Waals surface area contributed by atoms with Gasteiger partial charge in [0, 0.05) is 17.5 Å². The number of ether oxygens (including phenoxy) is 5. The molecule has 0 saturated carbocycles. The topological polar surface area (TPSA) is 156 Å². The summed E-state index contributed by atoms with van der Waals surface area (Å²) in [5.41, 5.74) is 1.97. The number of esters is 1. The first-order valence-corrected chi connectivity index (χ1v) is 14.4. The lowest BCUT2D eigenvalue weighted by atomic mass is 10.1. The summed E-state index contributed by atoms with van der Waals surface area (Å²) in [5.74, 6) is 0.0324. The van der Waals surface area contributed by atoms with Gasteiger partial charge in [-0.05, 0) is 60.7 Å². The minimum atomic E-state index is -0.765. The molecule has 0 aliphatic carbocycles. The van der Waals surface area contributed by atoms with Crippen molar-refractivity contribution in [2.45, 2.75) is 16.8 Å². The van der Waals surface area contributed by atoms with E-state index < -0.39 is 35.4 Å². The van der Waals surface area contributed by atoms with Gasteiger partial charge in [0.2, 0.25) is 23.8 Å². The molecular formula is C31H24N4O9S. The summed E-state index contributed by atoms with van der Waals surface area (Å²) in [6, 6.07) is 15.8. The average Bonchev–Trinajstić information content (AvgIpc) is 3.65. The molecule has 0 radical (unpaired) electrons. The molecular weight excluding hydrogens is 604 g/mol. The number of ketones is 1. The molecule has 4 aromatic rings. The van der Waals surface area contributed by atoms with Crippen LogP contribution in [0.15, 0.2) is 72.0 Å². The minimum absolute atomic E-state index is 0.0663. The maximum Gasteiger partial charge on any atom is 0.338 e. The van der Waals surface area contributed by atoms with Crippen LogP contribution in [-0.4, -0.2) is 71.6 Å². The van der Waals surface area contributed by atoms with Crippen molar-refractivity contribution < 1.29 is 42.9 Å². The Labute approximate surface area is 260 Å². The first-order chi connectivity index (χ1) is 21.8. The van der Waals surface area contributed by atoms with E-state index in [4.69, 9.17) is 23.7 Å². The first-order valence-electron chi connectivity index (χ1n) is 13.5. The Morgan fingerprint density at radius 1 is 0.933 bits per heavy atom. The van der Waals surface area contributed by atoms with Crippen LogP contribution >= 0.6 is 11.8 Å². The van der Waals surface area contributed by atoms with Gasteiger partial charge in [0.1, 0.15) is 5.25 Å². The predicted octanol–water partition coefficient (Wildman–Crippen LogP) is 3.75. The van der Waals surface area contributed by atoms with Gasteiger partial charge in [-0.15, -0.1) is 5.10 Å². The Morgan fingerprint density at radius 3 is 2.47 bits per heavy atom. The molecule has 0 spiro atoms. The Morgan fingerprint density at radius 2 is 1.69 bits per heavy atom. The fraction of sp³-hybridized carbons (Fsp3) is 0.194. The Kier molecular flexibility index (Phi) is 8.29. The van der Waals surface area contributed by atoms with Crippen molar-refractivity contribution in [3.63, 3.8) is 0 Å². The second-order valence-electron chi connectivity index (χ2n) is 9.69. The summed E-state index contributed by atoms with van der Waals surface area (Å²) >= 11 is 1.04. The molecule has 2 aliphatic rings. The molecule has 3 aromatic carbocycles. The quantitative estimate of drug-likeness (QED) is 0.142. The summed E-state index contributed by atoms with van der Waals surface area (Å²) < 4.78 is 26.3. The molecule has 45 heavy (non-hydrogen) atoms. The minimum Gasteiger partial charge on any atom is -0.493 e. The second kappa shape index (κ2) is 12.6. The zero-order valence-corrected chi connectivity index (χ0v) is 24.7. The van der Waals surface area contributed by atoms with Crippen LogP contribution in [0.5, 0.6) is 23.0 Å². The van der Waals surface area contributed by atoms with Crippen LogP contribution in [0.3, 0.4) is 0 Å². The fourth-order valence-corrected chi connectivity index (χ4v) is 5.61. The van der Waals surface area contributed by atoms with Crippen LogP contribution in [0.2, 0.25) is 0 Å². The van der Waals surface area contributed by atoms with E-state index in [-0.39, 0.29) is 29.5 Å². The number of methoxy groups -OCH3 is 2. The van der Waals surface area contributed by atoms with Crippen molar-refractivity contribution in [2.24, 2.45) is 0 Å². The molecule has 3 heterocycles. The number of carbonyl (C=O) groups excluding carboxylic acids is 4. The molecule has 1 atom stereocenters. The fourth-order valence-electron chi connectivity index (χ4n) is 4.68. The van der Waals surface area contributed by atoms with Gasteiger partial charge in [-0.25, -0.2) is 14.7 Å². The van der Waals surface area contributed by atoms with Gasteiger partial charge in [0.05, 0.1) is 37.4 Å². The van der Waals surface area contributed by atoms with Gasteiger partial charge in [-0.2, -0.15) is 5.10 Å². The Bertz CT molecular complexity index is 1820. The molecule has 13 nitrogen and oxygen atoms in total. The number of rotatable bonds is 10. The molecule has 1 saturated heterocycles. The average molecular weight is 629 g/mol. The number of benzene rings is 3. The highest BCUT2D eigenvalue weighted by atomic mass is 32.2. The van der Waals surface area contributed by atoms with Crippen molar-refractivity contribution in [2.75, 3.05) is 32.5 Å². The number of nitrogens with zero attached hydrogens (tertiary/aromatic N) is 4. The molecule has 2 amide bonds. The van der Waals surface area contributed by atoms with E-state index in [1.807, 2.05) is 6.07 Å². The normalized spacial score (nSPS) is 15.2.